The minimum atomic E-state index is -0.510. The number of nitrogens with zero attached hydrogens (tertiary/aromatic N) is 5. The normalized spacial score (nSPS) is 15.2. The number of rotatable bonds is 2. The number of amides is 1. The van der Waals surface area contributed by atoms with Crippen molar-refractivity contribution in [2.75, 3.05) is 13.1 Å². The zero-order chi connectivity index (χ0) is 25.9. The molecule has 6 rings (SSSR count). The summed E-state index contributed by atoms with van der Waals surface area (Å²) in [4.78, 5) is 39.0. The largest absolute Gasteiger partial charge is 0.449 e. The third-order valence-corrected chi connectivity index (χ3v) is 6.95. The lowest BCUT2D eigenvalue weighted by Gasteiger charge is -2.32. The Balaban J connectivity index is 1.27. The third-order valence-electron chi connectivity index (χ3n) is 6.46. The SMILES string of the molecule is CC(C)(C)OC(=O)N1CCC(c2cc3ncc(-c4nc5c(oc6ccc(Br)cc65)c(=O)[nH]4)cn3n2)CC1. The van der Waals surface area contributed by atoms with Gasteiger partial charge in [-0.15, -0.1) is 0 Å². The molecule has 5 aromatic rings. The molecule has 190 valence electrons. The van der Waals surface area contributed by atoms with E-state index < -0.39 is 5.60 Å². The molecule has 1 aromatic carbocycles. The molecule has 37 heavy (non-hydrogen) atoms. The Labute approximate surface area is 219 Å². The zero-order valence-corrected chi connectivity index (χ0v) is 22.2. The monoisotopic (exact) mass is 564 g/mol. The number of likely N-dealkylation sites (tertiary alicyclic amines) is 1. The van der Waals surface area contributed by atoms with E-state index in [-0.39, 0.29) is 23.2 Å². The van der Waals surface area contributed by atoms with Crippen molar-refractivity contribution >= 4 is 49.7 Å². The van der Waals surface area contributed by atoms with E-state index in [2.05, 4.69) is 30.9 Å². The van der Waals surface area contributed by atoms with Crippen LogP contribution in [-0.2, 0) is 4.74 Å². The summed E-state index contributed by atoms with van der Waals surface area (Å²) in [5.41, 5.74) is 2.67. The Hall–Kier alpha value is -3.73. The molecule has 1 amide bonds. The van der Waals surface area contributed by atoms with Crippen LogP contribution in [0.25, 0.3) is 39.1 Å². The summed E-state index contributed by atoms with van der Waals surface area (Å²) in [7, 11) is 0. The van der Waals surface area contributed by atoms with E-state index in [0.717, 1.165) is 28.4 Å². The number of aromatic nitrogens is 5. The quantitative estimate of drug-likeness (QED) is 0.310. The van der Waals surface area contributed by atoms with Crippen molar-refractivity contribution in [2.24, 2.45) is 0 Å². The number of H-pyrrole nitrogens is 1. The molecule has 0 bridgehead atoms. The molecule has 1 aliphatic heterocycles. The molecule has 0 unspecified atom stereocenters. The Morgan fingerprint density at radius 3 is 2.76 bits per heavy atom. The van der Waals surface area contributed by atoms with E-state index in [4.69, 9.17) is 14.3 Å². The maximum absolute atomic E-state index is 12.8. The summed E-state index contributed by atoms with van der Waals surface area (Å²) in [5, 5.41) is 5.52. The fourth-order valence-corrected chi connectivity index (χ4v) is 5.02. The van der Waals surface area contributed by atoms with Crippen molar-refractivity contribution in [1.29, 1.82) is 0 Å². The average molecular weight is 565 g/mol. The number of carbonyl (C=O) groups excluding carboxylic acids is 1. The molecule has 0 radical (unpaired) electrons. The van der Waals surface area contributed by atoms with Crippen molar-refractivity contribution < 1.29 is 13.9 Å². The molecule has 4 aromatic heterocycles. The number of benzene rings is 1. The third kappa shape index (κ3) is 4.48. The summed E-state index contributed by atoms with van der Waals surface area (Å²) >= 11 is 3.47. The predicted molar refractivity (Wildman–Crippen MR) is 142 cm³/mol. The van der Waals surface area contributed by atoms with Crippen LogP contribution in [0, 0.1) is 0 Å². The van der Waals surface area contributed by atoms with Gasteiger partial charge in [-0.05, 0) is 51.8 Å². The second-order valence-electron chi connectivity index (χ2n) is 10.3. The zero-order valence-electron chi connectivity index (χ0n) is 20.6. The van der Waals surface area contributed by atoms with Crippen LogP contribution >= 0.6 is 15.9 Å². The first-order chi connectivity index (χ1) is 17.6. The highest BCUT2D eigenvalue weighted by atomic mass is 79.9. The van der Waals surface area contributed by atoms with Crippen LogP contribution in [0.1, 0.15) is 45.2 Å². The van der Waals surface area contributed by atoms with Crippen molar-refractivity contribution in [2.45, 2.75) is 45.1 Å². The Morgan fingerprint density at radius 2 is 2.00 bits per heavy atom. The lowest BCUT2D eigenvalue weighted by molar-refractivity contribution is 0.0204. The van der Waals surface area contributed by atoms with Crippen molar-refractivity contribution in [3.8, 4) is 11.4 Å². The highest BCUT2D eigenvalue weighted by Gasteiger charge is 2.28. The van der Waals surface area contributed by atoms with Gasteiger partial charge in [0.2, 0.25) is 5.58 Å². The lowest BCUT2D eigenvalue weighted by atomic mass is 9.94. The molecule has 1 N–H and O–H groups in total. The van der Waals surface area contributed by atoms with Gasteiger partial charge in [0.25, 0.3) is 5.56 Å². The van der Waals surface area contributed by atoms with Crippen LogP contribution in [0.4, 0.5) is 4.79 Å². The van der Waals surface area contributed by atoms with Crippen LogP contribution in [0.2, 0.25) is 0 Å². The molecular weight excluding hydrogens is 540 g/mol. The summed E-state index contributed by atoms with van der Waals surface area (Å²) in [6.07, 6.45) is 4.80. The highest BCUT2D eigenvalue weighted by Crippen LogP contribution is 2.30. The predicted octanol–water partition coefficient (Wildman–Crippen LogP) is 5.26. The molecule has 11 heteroatoms. The van der Waals surface area contributed by atoms with Gasteiger partial charge in [0.05, 0.1) is 11.3 Å². The van der Waals surface area contributed by atoms with Gasteiger partial charge >= 0.3 is 6.09 Å². The van der Waals surface area contributed by atoms with Crippen LogP contribution in [0.5, 0.6) is 0 Å². The van der Waals surface area contributed by atoms with Crippen molar-refractivity contribution in [3.63, 3.8) is 0 Å². The Bertz CT molecular complexity index is 1720. The summed E-state index contributed by atoms with van der Waals surface area (Å²) < 4.78 is 13.8. The first kappa shape index (κ1) is 23.7. The van der Waals surface area contributed by atoms with Gasteiger partial charge in [0, 0.05) is 47.3 Å². The number of carbonyl (C=O) groups is 1. The van der Waals surface area contributed by atoms with Crippen LogP contribution in [0.15, 0.2) is 50.3 Å². The van der Waals surface area contributed by atoms with Gasteiger partial charge in [-0.2, -0.15) is 5.10 Å². The van der Waals surface area contributed by atoms with Gasteiger partial charge < -0.3 is 19.0 Å². The minimum Gasteiger partial charge on any atom is -0.449 e. The Kier molecular flexibility index (Phi) is 5.55. The number of aromatic amines is 1. The molecule has 10 nitrogen and oxygen atoms in total. The molecule has 5 heterocycles. The fraction of sp³-hybridized carbons (Fsp3) is 0.346. The maximum atomic E-state index is 12.8. The van der Waals surface area contributed by atoms with E-state index in [0.29, 0.717) is 41.2 Å². The molecular formula is C26H25BrN6O4. The smallest absolute Gasteiger partial charge is 0.410 e. The molecule has 0 spiro atoms. The van der Waals surface area contributed by atoms with E-state index >= 15 is 0 Å². The van der Waals surface area contributed by atoms with E-state index in [1.807, 2.05) is 45.2 Å². The summed E-state index contributed by atoms with van der Waals surface area (Å²) in [5.74, 6) is 0.603. The van der Waals surface area contributed by atoms with E-state index in [1.165, 1.54) is 0 Å². The van der Waals surface area contributed by atoms with E-state index in [1.54, 1.807) is 21.7 Å². The topological polar surface area (TPSA) is 119 Å². The number of fused-ring (bicyclic) bond motifs is 4. The summed E-state index contributed by atoms with van der Waals surface area (Å²) in [6.45, 7) is 6.85. The van der Waals surface area contributed by atoms with Gasteiger partial charge in [-0.25, -0.2) is 19.3 Å². The second-order valence-corrected chi connectivity index (χ2v) is 11.2. The van der Waals surface area contributed by atoms with Crippen molar-refractivity contribution in [1.82, 2.24) is 29.5 Å². The molecule has 0 saturated carbocycles. The van der Waals surface area contributed by atoms with Gasteiger partial charge in [-0.3, -0.25) is 4.79 Å². The second kappa shape index (κ2) is 8.69. The molecule has 0 aliphatic carbocycles. The number of piperidine rings is 1. The number of ether oxygens (including phenoxy) is 1. The van der Waals surface area contributed by atoms with Gasteiger partial charge in [0.1, 0.15) is 22.5 Å². The molecule has 0 atom stereocenters. The lowest BCUT2D eigenvalue weighted by Crippen LogP contribution is -2.41. The average Bonchev–Trinajstić information content (AvgIpc) is 3.44. The maximum Gasteiger partial charge on any atom is 0.410 e. The van der Waals surface area contributed by atoms with Gasteiger partial charge in [0.15, 0.2) is 5.65 Å². The molecule has 1 fully saturated rings. The summed E-state index contributed by atoms with van der Waals surface area (Å²) in [6, 6.07) is 7.51. The number of furan rings is 1. The van der Waals surface area contributed by atoms with E-state index in [9.17, 15) is 9.59 Å². The standard InChI is InChI=1S/C26H25BrN6O4/c1-26(2,3)37-25(35)32-8-6-14(7-9-32)18-11-20-28-12-15(13-33(20)31-18)23-29-21-17-10-16(27)4-5-19(17)36-22(21)24(34)30-23/h4-5,10-14H,6-9H2,1-3H3,(H,29,30,34). The molecule has 1 saturated heterocycles. The number of halogens is 1. The van der Waals surface area contributed by atoms with Crippen molar-refractivity contribution in [3.05, 3.63) is 57.2 Å². The highest BCUT2D eigenvalue weighted by molar-refractivity contribution is 9.10. The van der Waals surface area contributed by atoms with Crippen LogP contribution in [0.3, 0.4) is 0 Å². The minimum absolute atomic E-state index is 0.185. The van der Waals surface area contributed by atoms with Crippen LogP contribution in [-0.4, -0.2) is 54.2 Å². The molecule has 1 aliphatic rings. The number of hydrogen-bond donors (Lipinski definition) is 1. The first-order valence-corrected chi connectivity index (χ1v) is 12.9. The van der Waals surface area contributed by atoms with Gasteiger partial charge in [-0.1, -0.05) is 15.9 Å². The Morgan fingerprint density at radius 1 is 1.22 bits per heavy atom. The number of hydrogen-bond acceptors (Lipinski definition) is 7. The number of nitrogens with one attached hydrogen (secondary N) is 1. The van der Waals surface area contributed by atoms with Crippen LogP contribution < -0.4 is 5.56 Å². The first-order valence-electron chi connectivity index (χ1n) is 12.1. The fourth-order valence-electron chi connectivity index (χ4n) is 4.66.